The maximum absolute atomic E-state index is 13.6. The number of amides is 1. The number of carbonyl (C=O) groups excluding carboxylic acids is 2. The molecule has 0 radical (unpaired) electrons. The SMILES string of the molecule is CC/C=C\C/C=C\C/C=C\C/C=C\C/C=C\CCCC(=O)OC(/C=C\CCCCCCCCCCCCC)C(COP(=O)(O)OCC[N+](C)(C)C)NC(=O)CCCCCCCCCCCCCCCCC/C=C/CCCCCCCC. The minimum absolute atomic E-state index is 0.0294. The van der Waals surface area contributed by atoms with Crippen molar-refractivity contribution in [1.29, 1.82) is 0 Å². The third kappa shape index (κ3) is 61.6. The first kappa shape index (κ1) is 78.2. The largest absolute Gasteiger partial charge is 0.472 e. The fraction of sp³-hybridized carbons (Fsp3) is 0.775. The van der Waals surface area contributed by atoms with E-state index in [0.717, 1.165) is 77.0 Å². The lowest BCUT2D eigenvalue weighted by Crippen LogP contribution is -2.47. The van der Waals surface area contributed by atoms with Gasteiger partial charge in [-0.05, 0) is 96.0 Å². The molecule has 2 N–H and O–H groups in total. The lowest BCUT2D eigenvalue weighted by Gasteiger charge is -2.27. The molecule has 0 aromatic rings. The highest BCUT2D eigenvalue weighted by molar-refractivity contribution is 7.47. The standard InChI is InChI=1S/C71H129N2O7P/c1-7-10-13-16-19-22-25-28-30-32-33-34-35-36-37-38-39-41-42-45-48-51-54-57-60-63-70(74)72-68(67-79-81(76,77)78-66-65-73(4,5)6)69(62-59-56-53-50-47-44-27-24-21-18-15-12-9-3)80-71(75)64-61-58-55-52-49-46-43-40-31-29-26-23-20-17-14-11-8-2/h11,14,20,23,28-31,43,46,52,55,59,62,68-69H,7-10,12-13,15-19,21-22,24-27,32-42,44-45,47-51,53-54,56-58,60-61,63-67H2,1-6H3,(H-,72,74,76,77)/p+1/b14-11-,23-20-,30-28+,31-29-,46-43-,55-52-,62-59-. The number of ether oxygens (including phenoxy) is 1. The van der Waals surface area contributed by atoms with E-state index in [-0.39, 0.29) is 31.5 Å². The first-order valence-corrected chi connectivity index (χ1v) is 35.4. The van der Waals surface area contributed by atoms with E-state index in [4.69, 9.17) is 13.8 Å². The zero-order chi connectivity index (χ0) is 59.3. The predicted octanol–water partition coefficient (Wildman–Crippen LogP) is 21.3. The fourth-order valence-electron chi connectivity index (χ4n) is 9.62. The number of quaternary nitrogens is 1. The van der Waals surface area contributed by atoms with E-state index >= 15 is 0 Å². The molecule has 0 aliphatic rings. The number of nitrogens with one attached hydrogen (secondary N) is 1. The van der Waals surface area contributed by atoms with Crippen molar-refractivity contribution in [2.75, 3.05) is 40.9 Å². The first-order chi connectivity index (χ1) is 39.4. The van der Waals surface area contributed by atoms with Gasteiger partial charge in [-0.15, -0.1) is 0 Å². The maximum Gasteiger partial charge on any atom is 0.472 e. The van der Waals surface area contributed by atoms with Gasteiger partial charge < -0.3 is 19.4 Å². The van der Waals surface area contributed by atoms with Crippen molar-refractivity contribution in [1.82, 2.24) is 5.32 Å². The van der Waals surface area contributed by atoms with Gasteiger partial charge in [0.15, 0.2) is 0 Å². The molecule has 0 bridgehead atoms. The van der Waals surface area contributed by atoms with Crippen LogP contribution in [-0.4, -0.2) is 74.3 Å². The number of carbonyl (C=O) groups is 2. The van der Waals surface area contributed by atoms with Crippen molar-refractivity contribution in [3.63, 3.8) is 0 Å². The van der Waals surface area contributed by atoms with Crippen LogP contribution in [0, 0.1) is 0 Å². The number of esters is 1. The Bertz CT molecular complexity index is 1660. The Morgan fingerprint density at radius 1 is 0.444 bits per heavy atom. The number of nitrogens with zero attached hydrogens (tertiary/aromatic N) is 1. The van der Waals surface area contributed by atoms with Crippen molar-refractivity contribution in [2.24, 2.45) is 0 Å². The second-order valence-corrected chi connectivity index (χ2v) is 25.4. The topological polar surface area (TPSA) is 111 Å². The molecule has 470 valence electrons. The summed E-state index contributed by atoms with van der Waals surface area (Å²) in [6.07, 6.45) is 80.3. The quantitative estimate of drug-likeness (QED) is 0.0205. The van der Waals surface area contributed by atoms with Gasteiger partial charge in [-0.1, -0.05) is 280 Å². The van der Waals surface area contributed by atoms with Gasteiger partial charge in [-0.2, -0.15) is 0 Å². The highest BCUT2D eigenvalue weighted by Crippen LogP contribution is 2.43. The second kappa shape index (κ2) is 60.3. The summed E-state index contributed by atoms with van der Waals surface area (Å²) >= 11 is 0. The average Bonchev–Trinajstić information content (AvgIpc) is 3.44. The Labute approximate surface area is 501 Å². The summed E-state index contributed by atoms with van der Waals surface area (Å²) in [6, 6.07) is -0.875. The molecule has 0 fully saturated rings. The molecule has 1 amide bonds. The van der Waals surface area contributed by atoms with Crippen LogP contribution in [0.4, 0.5) is 0 Å². The van der Waals surface area contributed by atoms with E-state index in [1.165, 1.54) is 186 Å². The third-order valence-corrected chi connectivity index (χ3v) is 15.8. The van der Waals surface area contributed by atoms with Gasteiger partial charge >= 0.3 is 13.8 Å². The molecular weight excluding hydrogens is 1020 g/mol. The molecule has 10 heteroatoms. The first-order valence-electron chi connectivity index (χ1n) is 33.9. The highest BCUT2D eigenvalue weighted by atomic mass is 31.2. The molecule has 0 spiro atoms. The molecule has 0 rings (SSSR count). The Hall–Kier alpha value is -2.81. The van der Waals surface area contributed by atoms with E-state index in [1.54, 1.807) is 0 Å². The number of phosphoric ester groups is 1. The molecule has 0 saturated carbocycles. The van der Waals surface area contributed by atoms with Crippen LogP contribution < -0.4 is 5.32 Å². The van der Waals surface area contributed by atoms with E-state index in [1.807, 2.05) is 33.3 Å². The van der Waals surface area contributed by atoms with Gasteiger partial charge in [0.05, 0.1) is 33.8 Å². The van der Waals surface area contributed by atoms with Crippen molar-refractivity contribution in [3.05, 3.63) is 85.1 Å². The monoisotopic (exact) mass is 1150 g/mol. The van der Waals surface area contributed by atoms with Gasteiger partial charge in [0.25, 0.3) is 0 Å². The Morgan fingerprint density at radius 3 is 1.22 bits per heavy atom. The Kier molecular flexibility index (Phi) is 58.2. The van der Waals surface area contributed by atoms with Crippen LogP contribution in [0.1, 0.15) is 303 Å². The summed E-state index contributed by atoms with van der Waals surface area (Å²) in [6.45, 7) is 6.88. The summed E-state index contributed by atoms with van der Waals surface area (Å²) in [4.78, 5) is 37.8. The van der Waals surface area contributed by atoms with Gasteiger partial charge in [0.2, 0.25) is 5.91 Å². The number of rotatable bonds is 61. The smallest absolute Gasteiger partial charge is 0.456 e. The predicted molar refractivity (Wildman–Crippen MR) is 351 cm³/mol. The zero-order valence-electron chi connectivity index (χ0n) is 53.8. The molecule has 3 unspecified atom stereocenters. The number of phosphoric acid groups is 1. The van der Waals surface area contributed by atoms with Gasteiger partial charge in [0.1, 0.15) is 19.3 Å². The lowest BCUT2D eigenvalue weighted by atomic mass is 10.0. The van der Waals surface area contributed by atoms with Gasteiger partial charge in [-0.3, -0.25) is 18.6 Å². The molecule has 3 atom stereocenters. The molecule has 0 aromatic carbocycles. The van der Waals surface area contributed by atoms with Crippen LogP contribution in [0.15, 0.2) is 85.1 Å². The molecule has 0 aliphatic heterocycles. The second-order valence-electron chi connectivity index (χ2n) is 24.0. The molecule has 9 nitrogen and oxygen atoms in total. The average molecular weight is 1150 g/mol. The van der Waals surface area contributed by atoms with E-state index in [2.05, 4.69) is 99.0 Å². The van der Waals surface area contributed by atoms with E-state index < -0.39 is 20.0 Å². The van der Waals surface area contributed by atoms with Gasteiger partial charge in [-0.25, -0.2) is 4.57 Å². The molecule has 0 aromatic heterocycles. The van der Waals surface area contributed by atoms with Crippen molar-refractivity contribution in [2.45, 2.75) is 315 Å². The number of hydrogen-bond donors (Lipinski definition) is 2. The number of unbranched alkanes of at least 4 members (excludes halogenated alkanes) is 33. The molecule has 0 saturated heterocycles. The summed E-state index contributed by atoms with van der Waals surface area (Å²) in [7, 11) is 1.47. The molecular formula is C71H130N2O7P+. The van der Waals surface area contributed by atoms with E-state index in [9.17, 15) is 19.0 Å². The Morgan fingerprint density at radius 2 is 0.802 bits per heavy atom. The zero-order valence-corrected chi connectivity index (χ0v) is 54.7. The van der Waals surface area contributed by atoms with Crippen LogP contribution in [0.5, 0.6) is 0 Å². The summed E-state index contributed by atoms with van der Waals surface area (Å²) in [5.41, 5.74) is 0. The van der Waals surface area contributed by atoms with E-state index in [0.29, 0.717) is 23.9 Å². The lowest BCUT2D eigenvalue weighted by molar-refractivity contribution is -0.870. The van der Waals surface area contributed by atoms with Crippen LogP contribution in [0.25, 0.3) is 0 Å². The molecule has 0 aliphatic carbocycles. The molecule has 0 heterocycles. The van der Waals surface area contributed by atoms with Crippen LogP contribution >= 0.6 is 7.82 Å². The van der Waals surface area contributed by atoms with Crippen molar-refractivity contribution in [3.8, 4) is 0 Å². The number of likely N-dealkylation sites (N-methyl/N-ethyl adjacent to an activating group) is 1. The highest BCUT2D eigenvalue weighted by Gasteiger charge is 2.30. The van der Waals surface area contributed by atoms with Crippen molar-refractivity contribution < 1.29 is 37.3 Å². The summed E-state index contributed by atoms with van der Waals surface area (Å²) < 4.78 is 30.7. The minimum Gasteiger partial charge on any atom is -0.456 e. The maximum atomic E-state index is 13.6. The summed E-state index contributed by atoms with van der Waals surface area (Å²) in [5.74, 6) is -0.567. The number of hydrogen-bond acceptors (Lipinski definition) is 6. The van der Waals surface area contributed by atoms with Crippen molar-refractivity contribution >= 4 is 19.7 Å². The molecule has 81 heavy (non-hydrogen) atoms. The third-order valence-electron chi connectivity index (χ3n) is 14.8. The Balaban J connectivity index is 5.17. The minimum atomic E-state index is -4.47. The number of allylic oxidation sites excluding steroid dienone is 13. The van der Waals surface area contributed by atoms with Crippen LogP contribution in [-0.2, 0) is 27.9 Å². The van der Waals surface area contributed by atoms with Crippen LogP contribution in [0.2, 0.25) is 0 Å². The van der Waals surface area contributed by atoms with Crippen LogP contribution in [0.3, 0.4) is 0 Å². The fourth-order valence-corrected chi connectivity index (χ4v) is 10.4. The van der Waals surface area contributed by atoms with Gasteiger partial charge in [0, 0.05) is 12.8 Å². The normalized spacial score (nSPS) is 14.1. The summed E-state index contributed by atoms with van der Waals surface area (Å²) in [5, 5.41) is 3.05.